The lowest BCUT2D eigenvalue weighted by molar-refractivity contribution is 0.0947. The zero-order valence-electron chi connectivity index (χ0n) is 11.8. The van der Waals surface area contributed by atoms with E-state index in [0.717, 1.165) is 11.1 Å². The third-order valence-electron chi connectivity index (χ3n) is 3.24. The third kappa shape index (κ3) is 2.69. The number of carbonyl (C=O) groups is 1. The number of ether oxygens (including phenoxy) is 1. The number of aromatic nitrogens is 3. The van der Waals surface area contributed by atoms with Gasteiger partial charge in [0.15, 0.2) is 0 Å². The first kappa shape index (κ1) is 13.9. The number of hydrogen-bond acceptors (Lipinski definition) is 4. The predicted molar refractivity (Wildman–Crippen MR) is 80.9 cm³/mol. The van der Waals surface area contributed by atoms with Gasteiger partial charge in [0.2, 0.25) is 5.88 Å². The Bertz CT molecular complexity index is 882. The van der Waals surface area contributed by atoms with Crippen LogP contribution in [0.25, 0.3) is 11.0 Å². The first-order valence-corrected chi connectivity index (χ1v) is 6.65. The second kappa shape index (κ2) is 5.72. The van der Waals surface area contributed by atoms with E-state index in [2.05, 4.69) is 20.3 Å². The quantitative estimate of drug-likeness (QED) is 0.673. The number of nitrogens with zero attached hydrogens (tertiary/aromatic N) is 1. The van der Waals surface area contributed by atoms with Crippen LogP contribution in [0.4, 0.5) is 0 Å². The minimum atomic E-state index is -0.271. The Labute approximate surface area is 125 Å². The largest absolute Gasteiger partial charge is 0.480 e. The summed E-state index contributed by atoms with van der Waals surface area (Å²) < 4.78 is 5.06. The van der Waals surface area contributed by atoms with Crippen molar-refractivity contribution < 1.29 is 9.53 Å². The van der Waals surface area contributed by atoms with Gasteiger partial charge in [-0.2, -0.15) is 0 Å². The molecule has 3 N–H and O–H groups in total. The van der Waals surface area contributed by atoms with E-state index < -0.39 is 0 Å². The van der Waals surface area contributed by atoms with Crippen molar-refractivity contribution in [2.75, 3.05) is 7.11 Å². The monoisotopic (exact) mass is 298 g/mol. The zero-order valence-corrected chi connectivity index (χ0v) is 11.8. The molecule has 0 aliphatic rings. The summed E-state index contributed by atoms with van der Waals surface area (Å²) in [7, 11) is 1.47. The van der Waals surface area contributed by atoms with Gasteiger partial charge in [0.1, 0.15) is 5.56 Å². The summed E-state index contributed by atoms with van der Waals surface area (Å²) in [5.41, 5.74) is 2.43. The van der Waals surface area contributed by atoms with E-state index >= 15 is 0 Å². The summed E-state index contributed by atoms with van der Waals surface area (Å²) in [6.45, 7) is 0.333. The van der Waals surface area contributed by atoms with Gasteiger partial charge in [0.25, 0.3) is 5.91 Å². The van der Waals surface area contributed by atoms with Crippen LogP contribution in [0.3, 0.4) is 0 Å². The smallest absolute Gasteiger partial charge is 0.323 e. The minimum absolute atomic E-state index is 0.253. The first-order chi connectivity index (χ1) is 10.7. The summed E-state index contributed by atoms with van der Waals surface area (Å²) in [5.74, 6) is 0.0121. The fourth-order valence-corrected chi connectivity index (χ4v) is 2.19. The van der Waals surface area contributed by atoms with Crippen LogP contribution in [0, 0.1) is 0 Å². The topological polar surface area (TPSA) is 99.9 Å². The summed E-state index contributed by atoms with van der Waals surface area (Å²) >= 11 is 0. The number of rotatable bonds is 4. The average molecular weight is 298 g/mol. The number of imidazole rings is 1. The number of H-pyrrole nitrogens is 2. The van der Waals surface area contributed by atoms with Gasteiger partial charge in [-0.15, -0.1) is 0 Å². The van der Waals surface area contributed by atoms with Crippen molar-refractivity contribution in [3.63, 3.8) is 0 Å². The van der Waals surface area contributed by atoms with Gasteiger partial charge in [-0.05, 0) is 29.8 Å². The molecule has 112 valence electrons. The van der Waals surface area contributed by atoms with E-state index in [0.29, 0.717) is 17.6 Å². The van der Waals surface area contributed by atoms with Gasteiger partial charge < -0.3 is 20.0 Å². The maximum atomic E-state index is 12.2. The van der Waals surface area contributed by atoms with E-state index in [1.807, 2.05) is 12.1 Å². The second-order valence-corrected chi connectivity index (χ2v) is 4.70. The fourth-order valence-electron chi connectivity index (χ4n) is 2.19. The van der Waals surface area contributed by atoms with Crippen molar-refractivity contribution in [3.8, 4) is 5.88 Å². The lowest BCUT2D eigenvalue weighted by Gasteiger charge is -2.08. The van der Waals surface area contributed by atoms with Crippen molar-refractivity contribution in [2.24, 2.45) is 0 Å². The highest BCUT2D eigenvalue weighted by molar-refractivity contribution is 5.96. The highest BCUT2D eigenvalue weighted by Gasteiger charge is 2.12. The number of hydrogen-bond donors (Lipinski definition) is 3. The molecule has 0 unspecified atom stereocenters. The van der Waals surface area contributed by atoms with Crippen LogP contribution >= 0.6 is 0 Å². The van der Waals surface area contributed by atoms with Crippen LogP contribution < -0.4 is 15.7 Å². The number of methoxy groups -OCH3 is 1. The molecular formula is C15H14N4O3. The van der Waals surface area contributed by atoms with Crippen molar-refractivity contribution in [2.45, 2.75) is 6.54 Å². The van der Waals surface area contributed by atoms with Gasteiger partial charge >= 0.3 is 5.69 Å². The molecule has 0 spiro atoms. The maximum Gasteiger partial charge on any atom is 0.323 e. The Morgan fingerprint density at radius 2 is 2.09 bits per heavy atom. The fraction of sp³-hybridized carbons (Fsp3) is 0.133. The molecule has 0 aliphatic heterocycles. The molecule has 2 heterocycles. The molecule has 3 rings (SSSR count). The summed E-state index contributed by atoms with van der Waals surface area (Å²) in [4.78, 5) is 32.7. The number of amides is 1. The average Bonchev–Trinajstić information content (AvgIpc) is 2.91. The molecule has 0 radical (unpaired) electrons. The van der Waals surface area contributed by atoms with Crippen LogP contribution in [0.15, 0.2) is 41.3 Å². The SMILES string of the molecule is COc1ncccc1C(=O)NCc1ccc2[nH]c(=O)[nH]c2c1. The Balaban J connectivity index is 1.75. The predicted octanol–water partition coefficient (Wildman–Crippen LogP) is 1.19. The van der Waals surface area contributed by atoms with Gasteiger partial charge in [0.05, 0.1) is 18.1 Å². The Morgan fingerprint density at radius 1 is 1.27 bits per heavy atom. The number of nitrogens with one attached hydrogen (secondary N) is 3. The third-order valence-corrected chi connectivity index (χ3v) is 3.24. The highest BCUT2D eigenvalue weighted by atomic mass is 16.5. The molecule has 0 saturated heterocycles. The minimum Gasteiger partial charge on any atom is -0.480 e. The first-order valence-electron chi connectivity index (χ1n) is 6.65. The number of benzene rings is 1. The van der Waals surface area contributed by atoms with Crippen LogP contribution in [0.1, 0.15) is 15.9 Å². The van der Waals surface area contributed by atoms with Crippen molar-refractivity contribution in [1.29, 1.82) is 0 Å². The van der Waals surface area contributed by atoms with Gasteiger partial charge in [0, 0.05) is 12.7 Å². The summed E-state index contributed by atoms with van der Waals surface area (Å²) in [6.07, 6.45) is 1.56. The molecule has 1 amide bonds. The second-order valence-electron chi connectivity index (χ2n) is 4.70. The molecule has 0 atom stereocenters. The number of carbonyl (C=O) groups excluding carboxylic acids is 1. The highest BCUT2D eigenvalue weighted by Crippen LogP contribution is 2.14. The molecule has 1 aromatic carbocycles. The molecule has 7 nitrogen and oxygen atoms in total. The zero-order chi connectivity index (χ0) is 15.5. The van der Waals surface area contributed by atoms with Gasteiger partial charge in [-0.3, -0.25) is 4.79 Å². The van der Waals surface area contributed by atoms with Crippen LogP contribution in [-0.4, -0.2) is 28.0 Å². The normalized spacial score (nSPS) is 10.6. The molecule has 0 fully saturated rings. The molecular weight excluding hydrogens is 284 g/mol. The molecule has 2 aromatic heterocycles. The Kier molecular flexibility index (Phi) is 3.61. The van der Waals surface area contributed by atoms with E-state index in [1.165, 1.54) is 7.11 Å². The standard InChI is InChI=1S/C15H14N4O3/c1-22-14-10(3-2-6-16-14)13(20)17-8-9-4-5-11-12(7-9)19-15(21)18-11/h2-7H,8H2,1H3,(H,17,20)(H2,18,19,21). The van der Waals surface area contributed by atoms with Crippen molar-refractivity contribution >= 4 is 16.9 Å². The van der Waals surface area contributed by atoms with Crippen LogP contribution in [0.5, 0.6) is 5.88 Å². The molecule has 22 heavy (non-hydrogen) atoms. The van der Waals surface area contributed by atoms with Crippen molar-refractivity contribution in [3.05, 3.63) is 58.1 Å². The number of fused-ring (bicyclic) bond motifs is 1. The number of pyridine rings is 1. The van der Waals surface area contributed by atoms with Gasteiger partial charge in [-0.1, -0.05) is 6.07 Å². The maximum absolute atomic E-state index is 12.2. The summed E-state index contributed by atoms with van der Waals surface area (Å²) in [6, 6.07) is 8.77. The lowest BCUT2D eigenvalue weighted by Crippen LogP contribution is -2.23. The molecule has 0 bridgehead atoms. The molecule has 0 aliphatic carbocycles. The van der Waals surface area contributed by atoms with Gasteiger partial charge in [-0.25, -0.2) is 9.78 Å². The Hall–Kier alpha value is -3.09. The van der Waals surface area contributed by atoms with E-state index in [4.69, 9.17) is 4.74 Å². The van der Waals surface area contributed by atoms with E-state index in [9.17, 15) is 9.59 Å². The van der Waals surface area contributed by atoms with E-state index in [1.54, 1.807) is 24.4 Å². The van der Waals surface area contributed by atoms with Crippen LogP contribution in [-0.2, 0) is 6.54 Å². The van der Waals surface area contributed by atoms with Crippen LogP contribution in [0.2, 0.25) is 0 Å². The molecule has 0 saturated carbocycles. The lowest BCUT2D eigenvalue weighted by atomic mass is 10.2. The molecule has 3 aromatic rings. The summed E-state index contributed by atoms with van der Waals surface area (Å²) in [5, 5.41) is 2.80. The Morgan fingerprint density at radius 3 is 2.91 bits per heavy atom. The number of aromatic amines is 2. The van der Waals surface area contributed by atoms with E-state index in [-0.39, 0.29) is 17.5 Å². The molecule has 7 heteroatoms. The van der Waals surface area contributed by atoms with Crippen molar-refractivity contribution in [1.82, 2.24) is 20.3 Å².